The maximum Gasteiger partial charge on any atom is 0.121 e. The van der Waals surface area contributed by atoms with Gasteiger partial charge in [-0.05, 0) is 22.3 Å². The lowest BCUT2D eigenvalue weighted by atomic mass is 10.1. The van der Waals surface area contributed by atoms with Crippen LogP contribution >= 0.6 is 0 Å². The number of rotatable bonds is 6. The number of aromatic nitrogens is 6. The van der Waals surface area contributed by atoms with Crippen LogP contribution < -0.4 is 0 Å². The van der Waals surface area contributed by atoms with Crippen LogP contribution in [0.3, 0.4) is 0 Å². The number of hydrogen-bond donors (Lipinski definition) is 2. The minimum atomic E-state index is 0.0140. The highest BCUT2D eigenvalue weighted by Gasteiger charge is 2.11. The topological polar surface area (TPSA) is 102 Å². The van der Waals surface area contributed by atoms with E-state index < -0.39 is 0 Å². The highest BCUT2D eigenvalue weighted by atomic mass is 16.3. The third-order valence-electron chi connectivity index (χ3n) is 7.42. The van der Waals surface area contributed by atoms with Crippen molar-refractivity contribution in [1.82, 2.24) is 30.0 Å². The van der Waals surface area contributed by atoms with Crippen molar-refractivity contribution in [2.24, 2.45) is 0 Å². The second kappa shape index (κ2) is 10.00. The van der Waals surface area contributed by atoms with Gasteiger partial charge in [0.15, 0.2) is 0 Å². The average molecular weight is 527 g/mol. The van der Waals surface area contributed by atoms with E-state index in [1.54, 1.807) is 0 Å². The van der Waals surface area contributed by atoms with Crippen LogP contribution in [0.5, 0.6) is 0 Å². The van der Waals surface area contributed by atoms with E-state index in [2.05, 4.69) is 34.7 Å². The molecule has 2 heterocycles. The maximum atomic E-state index is 9.44. The zero-order valence-electron chi connectivity index (χ0n) is 21.6. The molecule has 0 radical (unpaired) electrons. The molecule has 196 valence electrons. The van der Waals surface area contributed by atoms with Crippen LogP contribution in [0.15, 0.2) is 97.1 Å². The number of hydrogen-bond acceptors (Lipinski definition) is 6. The van der Waals surface area contributed by atoms with Crippen molar-refractivity contribution in [3.8, 4) is 0 Å². The third kappa shape index (κ3) is 4.10. The third-order valence-corrected chi connectivity index (χ3v) is 7.42. The van der Waals surface area contributed by atoms with Crippen molar-refractivity contribution in [3.05, 3.63) is 162 Å². The maximum absolute atomic E-state index is 9.44. The minimum Gasteiger partial charge on any atom is -0.392 e. The number of fused-ring (bicyclic) bond motifs is 4. The molecule has 1 aliphatic carbocycles. The molecule has 6 aromatic rings. The molecular formula is C32H26N6O2. The zero-order valence-corrected chi connectivity index (χ0v) is 21.6. The Hall–Kier alpha value is -4.92. The van der Waals surface area contributed by atoms with Crippen LogP contribution in [0.4, 0.5) is 0 Å². The smallest absolute Gasteiger partial charge is 0.121 e. The first-order chi connectivity index (χ1) is 19.7. The zero-order chi connectivity index (χ0) is 27.1. The van der Waals surface area contributed by atoms with Crippen LogP contribution in [-0.2, 0) is 26.3 Å². The molecule has 8 nitrogen and oxygen atoms in total. The quantitative estimate of drug-likeness (QED) is 0.344. The highest BCUT2D eigenvalue weighted by Crippen LogP contribution is 2.14. The summed E-state index contributed by atoms with van der Waals surface area (Å²) < 4.78 is 3.88. The van der Waals surface area contributed by atoms with Crippen molar-refractivity contribution in [1.29, 1.82) is 0 Å². The van der Waals surface area contributed by atoms with Crippen molar-refractivity contribution in [3.63, 3.8) is 0 Å². The Morgan fingerprint density at radius 2 is 0.800 bits per heavy atom. The summed E-state index contributed by atoms with van der Waals surface area (Å²) in [6.07, 6.45) is 0. The van der Waals surface area contributed by atoms with E-state index in [4.69, 9.17) is 10.2 Å². The fraction of sp³-hybridized carbons (Fsp3) is 0.125. The lowest BCUT2D eigenvalue weighted by Gasteiger charge is -2.05. The fourth-order valence-corrected chi connectivity index (χ4v) is 5.38. The monoisotopic (exact) mass is 526 g/mol. The van der Waals surface area contributed by atoms with Gasteiger partial charge in [0.2, 0.25) is 0 Å². The van der Waals surface area contributed by atoms with Gasteiger partial charge in [0.05, 0.1) is 37.0 Å². The van der Waals surface area contributed by atoms with Crippen LogP contribution in [0.2, 0.25) is 0 Å². The molecule has 2 aromatic heterocycles. The molecule has 0 aliphatic heterocycles. The molecule has 2 N–H and O–H groups in total. The number of aliphatic hydroxyl groups excluding tert-OH is 2. The van der Waals surface area contributed by atoms with E-state index in [1.165, 1.54) is 0 Å². The first kappa shape index (κ1) is 24.1. The number of aliphatic hydroxyl groups is 2. The van der Waals surface area contributed by atoms with E-state index in [1.807, 2.05) is 82.2 Å². The van der Waals surface area contributed by atoms with Crippen molar-refractivity contribution < 1.29 is 10.2 Å². The lowest BCUT2D eigenvalue weighted by Crippen LogP contribution is -2.05. The van der Waals surface area contributed by atoms with Gasteiger partial charge < -0.3 is 10.2 Å². The van der Waals surface area contributed by atoms with Gasteiger partial charge in [0.25, 0.3) is 0 Å². The Bertz CT molecular complexity index is 2080. The van der Waals surface area contributed by atoms with E-state index in [9.17, 15) is 10.2 Å². The van der Waals surface area contributed by atoms with Gasteiger partial charge in [-0.1, -0.05) is 107 Å². The summed E-state index contributed by atoms with van der Waals surface area (Å²) >= 11 is 0. The minimum absolute atomic E-state index is 0.0140. The summed E-state index contributed by atoms with van der Waals surface area (Å²) in [5.74, 6) is 0. The Kier molecular flexibility index (Phi) is 6.03. The first-order valence-electron chi connectivity index (χ1n) is 13.2. The van der Waals surface area contributed by atoms with Crippen molar-refractivity contribution in [2.45, 2.75) is 26.3 Å². The molecule has 0 amide bonds. The van der Waals surface area contributed by atoms with Crippen LogP contribution in [-0.4, -0.2) is 40.2 Å². The second-order valence-corrected chi connectivity index (χ2v) is 9.93. The van der Waals surface area contributed by atoms with Gasteiger partial charge in [-0.15, -0.1) is 10.2 Å². The highest BCUT2D eigenvalue weighted by molar-refractivity contribution is 5.26. The molecule has 0 bridgehead atoms. The van der Waals surface area contributed by atoms with E-state index in [0.717, 1.165) is 64.5 Å². The molecule has 4 aromatic carbocycles. The van der Waals surface area contributed by atoms with E-state index >= 15 is 0 Å². The Balaban J connectivity index is 1.58. The summed E-state index contributed by atoms with van der Waals surface area (Å²) in [6.45, 7) is 1.10. The van der Waals surface area contributed by atoms with Crippen molar-refractivity contribution >= 4 is 0 Å². The second-order valence-electron chi connectivity index (χ2n) is 9.93. The molecule has 0 saturated heterocycles. The van der Waals surface area contributed by atoms with Gasteiger partial charge in [-0.2, -0.15) is 0 Å². The van der Waals surface area contributed by atoms with Gasteiger partial charge in [-0.25, -0.2) is 9.36 Å². The fourth-order valence-electron chi connectivity index (χ4n) is 5.38. The summed E-state index contributed by atoms with van der Waals surface area (Å²) in [6, 6.07) is 32.2. The standard InChI is InChI=1S/C32H26N6O2/c39-19-23-13-9-21(10-14-23)17-37-31-27-7-3-1-5-25(27)29-32(28-8-4-2-6-26(28)30(31)34-36-37)38(35-33-29)18-22-11-15-24(20-40)16-12-22/h1-16,39-40H,17-20H2/b29-25+,30-26+,31-27+,32-28+. The normalized spacial score (nSPS) is 15.2. The molecule has 0 spiro atoms. The largest absolute Gasteiger partial charge is 0.392 e. The summed E-state index contributed by atoms with van der Waals surface area (Å²) in [5, 5.41) is 44.9. The molecule has 0 unspecified atom stereocenters. The SMILES string of the molecule is OCc1ccc(Cn2nnc3/c2=c2/cccc/c2=c2\nnn(Cc4ccc(CO)cc4)\c2=c2/cccc/c2=3)cc1. The summed E-state index contributed by atoms with van der Waals surface area (Å²) in [4.78, 5) is 0. The average Bonchev–Trinajstić information content (AvgIpc) is 3.61. The van der Waals surface area contributed by atoms with Crippen LogP contribution in [0.1, 0.15) is 22.3 Å². The van der Waals surface area contributed by atoms with Gasteiger partial charge in [0, 0.05) is 20.9 Å². The molecule has 1 aliphatic rings. The summed E-state index contributed by atoms with van der Waals surface area (Å²) in [5.41, 5.74) is 3.88. The first-order valence-corrected chi connectivity index (χ1v) is 13.2. The van der Waals surface area contributed by atoms with Crippen molar-refractivity contribution in [2.75, 3.05) is 0 Å². The number of benzene rings is 4. The molecule has 0 atom stereocenters. The predicted molar refractivity (Wildman–Crippen MR) is 147 cm³/mol. The van der Waals surface area contributed by atoms with E-state index in [-0.39, 0.29) is 13.2 Å². The molecule has 0 saturated carbocycles. The van der Waals surface area contributed by atoms with Crippen LogP contribution in [0, 0.1) is 42.3 Å². The molecular weight excluding hydrogens is 500 g/mol. The molecule has 40 heavy (non-hydrogen) atoms. The lowest BCUT2D eigenvalue weighted by molar-refractivity contribution is 0.281. The Labute approximate surface area is 228 Å². The predicted octanol–water partition coefficient (Wildman–Crippen LogP) is 3.41. The van der Waals surface area contributed by atoms with Gasteiger partial charge in [0.1, 0.15) is 10.7 Å². The Morgan fingerprint density at radius 1 is 0.450 bits per heavy atom. The van der Waals surface area contributed by atoms with E-state index in [0.29, 0.717) is 13.1 Å². The molecule has 7 rings (SSSR count). The molecule has 8 heteroatoms. The van der Waals surface area contributed by atoms with Crippen LogP contribution in [0.25, 0.3) is 0 Å². The van der Waals surface area contributed by atoms with Gasteiger partial charge >= 0.3 is 0 Å². The Morgan fingerprint density at radius 3 is 1.18 bits per heavy atom. The van der Waals surface area contributed by atoms with Gasteiger partial charge in [-0.3, -0.25) is 0 Å². The molecule has 0 fully saturated rings. The number of nitrogens with zero attached hydrogens (tertiary/aromatic N) is 6. The summed E-state index contributed by atoms with van der Waals surface area (Å²) in [7, 11) is 0.